The van der Waals surface area contributed by atoms with E-state index in [4.69, 9.17) is 9.47 Å². The Hall–Kier alpha value is -2.57. The van der Waals surface area contributed by atoms with Crippen molar-refractivity contribution < 1.29 is 29.0 Å². The van der Waals surface area contributed by atoms with Crippen LogP contribution >= 0.6 is 0 Å². The van der Waals surface area contributed by atoms with E-state index in [9.17, 15) is 19.5 Å². The zero-order valence-corrected chi connectivity index (χ0v) is 16.8. The summed E-state index contributed by atoms with van der Waals surface area (Å²) in [6, 6.07) is 5.83. The smallest absolute Gasteiger partial charge is 0.408 e. The molecule has 2 N–H and O–H groups in total. The van der Waals surface area contributed by atoms with Crippen molar-refractivity contribution in [2.45, 2.75) is 71.6 Å². The van der Waals surface area contributed by atoms with E-state index in [0.29, 0.717) is 5.56 Å². The average Bonchev–Trinajstić information content (AvgIpc) is 2.44. The van der Waals surface area contributed by atoms with E-state index in [1.807, 2.05) is 0 Å². The van der Waals surface area contributed by atoms with Gasteiger partial charge in [0.2, 0.25) is 0 Å². The van der Waals surface area contributed by atoms with Crippen molar-refractivity contribution in [3.05, 3.63) is 35.4 Å². The van der Waals surface area contributed by atoms with Crippen LogP contribution in [-0.4, -0.2) is 40.4 Å². The number of alkyl carbamates (subject to hydrolysis) is 1. The Balaban J connectivity index is 2.69. The van der Waals surface area contributed by atoms with Crippen LogP contribution in [0.25, 0.3) is 0 Å². The van der Waals surface area contributed by atoms with Crippen molar-refractivity contribution in [1.29, 1.82) is 0 Å². The maximum atomic E-state index is 11.9. The Morgan fingerprint density at radius 2 is 1.41 bits per heavy atom. The Morgan fingerprint density at radius 1 is 0.926 bits per heavy atom. The third-order valence-electron chi connectivity index (χ3n) is 3.22. The average molecular weight is 379 g/mol. The van der Waals surface area contributed by atoms with E-state index in [1.54, 1.807) is 65.8 Å². The maximum absolute atomic E-state index is 11.9. The maximum Gasteiger partial charge on any atom is 0.408 e. The van der Waals surface area contributed by atoms with E-state index in [-0.39, 0.29) is 18.8 Å². The number of ether oxygens (including phenoxy) is 2. The monoisotopic (exact) mass is 379 g/mol. The molecule has 0 unspecified atom stereocenters. The molecule has 150 valence electrons. The minimum absolute atomic E-state index is 0.0985. The Labute approximate surface area is 160 Å². The number of hydrogen-bond acceptors (Lipinski definition) is 5. The molecule has 0 bridgehead atoms. The summed E-state index contributed by atoms with van der Waals surface area (Å²) in [4.78, 5) is 35.1. The highest BCUT2D eigenvalue weighted by atomic mass is 16.6. The van der Waals surface area contributed by atoms with Gasteiger partial charge in [0.15, 0.2) is 0 Å². The Morgan fingerprint density at radius 3 is 1.85 bits per heavy atom. The number of benzene rings is 1. The molecule has 1 aromatic rings. The standard InChI is InChI=1S/C20H29NO6/c1-19(2,3)26-16(22)12-14-9-7-13(8-10-14)11-15(17(23)24)21-18(25)27-20(4,5)6/h7-10,15H,11-12H2,1-6H3,(H,21,25)(H,23,24)/t15-/m0/s1. The first-order valence-corrected chi connectivity index (χ1v) is 8.77. The predicted octanol–water partition coefficient (Wildman–Crippen LogP) is 3.09. The summed E-state index contributed by atoms with van der Waals surface area (Å²) < 4.78 is 10.4. The van der Waals surface area contributed by atoms with Gasteiger partial charge < -0.3 is 19.9 Å². The Kier molecular flexibility index (Phi) is 7.39. The number of carboxylic acid groups (broad SMARTS) is 1. The van der Waals surface area contributed by atoms with Crippen LogP contribution in [0.5, 0.6) is 0 Å². The molecule has 27 heavy (non-hydrogen) atoms. The minimum atomic E-state index is -1.15. The second-order valence-electron chi connectivity index (χ2n) is 8.32. The van der Waals surface area contributed by atoms with Gasteiger partial charge in [-0.3, -0.25) is 4.79 Å². The number of hydrogen-bond donors (Lipinski definition) is 2. The summed E-state index contributed by atoms with van der Waals surface area (Å²) in [5.74, 6) is -1.48. The van der Waals surface area contributed by atoms with E-state index in [0.717, 1.165) is 5.56 Å². The van der Waals surface area contributed by atoms with Crippen LogP contribution in [0.1, 0.15) is 52.7 Å². The normalized spacial score (nSPS) is 12.8. The predicted molar refractivity (Wildman–Crippen MR) is 100 cm³/mol. The third kappa shape index (κ3) is 9.63. The number of aliphatic carboxylic acids is 1. The molecule has 0 aliphatic heterocycles. The highest BCUT2D eigenvalue weighted by Gasteiger charge is 2.24. The number of amides is 1. The van der Waals surface area contributed by atoms with Crippen LogP contribution < -0.4 is 5.32 Å². The quantitative estimate of drug-likeness (QED) is 0.737. The molecule has 1 amide bonds. The highest BCUT2D eigenvalue weighted by molar-refractivity contribution is 5.80. The molecular weight excluding hydrogens is 350 g/mol. The highest BCUT2D eigenvalue weighted by Crippen LogP contribution is 2.13. The lowest BCUT2D eigenvalue weighted by Crippen LogP contribution is -2.44. The Bertz CT molecular complexity index is 667. The van der Waals surface area contributed by atoms with Crippen molar-refractivity contribution in [2.75, 3.05) is 0 Å². The molecule has 0 aliphatic rings. The molecule has 0 fully saturated rings. The third-order valence-corrected chi connectivity index (χ3v) is 3.22. The zero-order valence-electron chi connectivity index (χ0n) is 16.8. The van der Waals surface area contributed by atoms with Crippen molar-refractivity contribution >= 4 is 18.0 Å². The summed E-state index contributed by atoms with van der Waals surface area (Å²) in [5.41, 5.74) is 0.224. The van der Waals surface area contributed by atoms with Gasteiger partial charge in [-0.05, 0) is 52.7 Å². The number of esters is 1. The molecule has 1 atom stereocenters. The fourth-order valence-electron chi connectivity index (χ4n) is 2.22. The molecule has 7 heteroatoms. The van der Waals surface area contributed by atoms with Gasteiger partial charge in [0.1, 0.15) is 17.2 Å². The first-order chi connectivity index (χ1) is 12.2. The molecule has 0 radical (unpaired) electrons. The van der Waals surface area contributed by atoms with E-state index in [2.05, 4.69) is 5.32 Å². The summed E-state index contributed by atoms with van der Waals surface area (Å²) >= 11 is 0. The van der Waals surface area contributed by atoms with E-state index >= 15 is 0 Å². The molecule has 7 nitrogen and oxygen atoms in total. The minimum Gasteiger partial charge on any atom is -0.480 e. The van der Waals surface area contributed by atoms with Crippen LogP contribution in [0.4, 0.5) is 4.79 Å². The summed E-state index contributed by atoms with van der Waals surface area (Å²) in [6.45, 7) is 10.5. The van der Waals surface area contributed by atoms with Crippen LogP contribution in [0, 0.1) is 0 Å². The lowest BCUT2D eigenvalue weighted by atomic mass is 10.0. The molecule has 0 aliphatic carbocycles. The molecule has 0 aromatic heterocycles. The van der Waals surface area contributed by atoms with Gasteiger partial charge in [-0.1, -0.05) is 24.3 Å². The van der Waals surface area contributed by atoms with Gasteiger partial charge in [-0.25, -0.2) is 9.59 Å². The van der Waals surface area contributed by atoms with Gasteiger partial charge in [0.25, 0.3) is 0 Å². The van der Waals surface area contributed by atoms with Crippen LogP contribution in [0.15, 0.2) is 24.3 Å². The lowest BCUT2D eigenvalue weighted by Gasteiger charge is -2.22. The van der Waals surface area contributed by atoms with Crippen molar-refractivity contribution in [3.63, 3.8) is 0 Å². The molecule has 0 saturated carbocycles. The molecule has 1 aromatic carbocycles. The van der Waals surface area contributed by atoms with Crippen LogP contribution in [0.3, 0.4) is 0 Å². The van der Waals surface area contributed by atoms with Gasteiger partial charge in [-0.15, -0.1) is 0 Å². The first kappa shape index (κ1) is 22.5. The van der Waals surface area contributed by atoms with Crippen molar-refractivity contribution in [1.82, 2.24) is 5.32 Å². The summed E-state index contributed by atoms with van der Waals surface area (Å²) in [6.07, 6.45) is -0.548. The second kappa shape index (κ2) is 8.88. The SMILES string of the molecule is CC(C)(C)OC(=O)Cc1ccc(C[C@H](NC(=O)OC(C)(C)C)C(=O)O)cc1. The van der Waals surface area contributed by atoms with E-state index < -0.39 is 29.3 Å². The summed E-state index contributed by atoms with van der Waals surface area (Å²) in [7, 11) is 0. The number of carbonyl (C=O) groups is 3. The number of carbonyl (C=O) groups excluding carboxylic acids is 2. The van der Waals surface area contributed by atoms with E-state index in [1.165, 1.54) is 0 Å². The molecular formula is C20H29NO6. The molecule has 0 heterocycles. The zero-order chi connectivity index (χ0) is 20.8. The fraction of sp³-hybridized carbons (Fsp3) is 0.550. The fourth-order valence-corrected chi connectivity index (χ4v) is 2.22. The van der Waals surface area contributed by atoms with Gasteiger partial charge in [0.05, 0.1) is 6.42 Å². The number of carboxylic acids is 1. The van der Waals surface area contributed by atoms with Crippen molar-refractivity contribution in [3.8, 4) is 0 Å². The number of nitrogens with one attached hydrogen (secondary N) is 1. The summed E-state index contributed by atoms with van der Waals surface area (Å²) in [5, 5.41) is 11.7. The van der Waals surface area contributed by atoms with Crippen molar-refractivity contribution in [2.24, 2.45) is 0 Å². The van der Waals surface area contributed by atoms with Crippen LogP contribution in [0.2, 0.25) is 0 Å². The van der Waals surface area contributed by atoms with Gasteiger partial charge >= 0.3 is 18.0 Å². The second-order valence-corrected chi connectivity index (χ2v) is 8.32. The molecule has 0 spiro atoms. The van der Waals surface area contributed by atoms with Gasteiger partial charge in [0, 0.05) is 6.42 Å². The largest absolute Gasteiger partial charge is 0.480 e. The lowest BCUT2D eigenvalue weighted by molar-refractivity contribution is -0.154. The topological polar surface area (TPSA) is 102 Å². The first-order valence-electron chi connectivity index (χ1n) is 8.77. The van der Waals surface area contributed by atoms with Gasteiger partial charge in [-0.2, -0.15) is 0 Å². The number of rotatable bonds is 6. The molecule has 0 saturated heterocycles. The molecule has 1 rings (SSSR count). The van der Waals surface area contributed by atoms with Crippen LogP contribution in [-0.2, 0) is 31.9 Å².